The molecule has 3 rings (SSSR count). The summed E-state index contributed by atoms with van der Waals surface area (Å²) in [6.45, 7) is 0. The van der Waals surface area contributed by atoms with E-state index in [-0.39, 0.29) is 5.91 Å². The van der Waals surface area contributed by atoms with Gasteiger partial charge >= 0.3 is 0 Å². The van der Waals surface area contributed by atoms with E-state index in [1.807, 2.05) is 30.3 Å². The highest BCUT2D eigenvalue weighted by Gasteiger charge is 2.12. The number of hydrogen-bond donors (Lipinski definition) is 2. The van der Waals surface area contributed by atoms with E-state index in [2.05, 4.69) is 10.4 Å². The normalized spacial score (nSPS) is 10.7. The van der Waals surface area contributed by atoms with Gasteiger partial charge in [-0.1, -0.05) is 24.3 Å². The minimum atomic E-state index is -0.257. The predicted molar refractivity (Wildman–Crippen MR) is 79.5 cm³/mol. The number of benzene rings is 2. The van der Waals surface area contributed by atoms with Gasteiger partial charge in [-0.05, 0) is 22.9 Å². The summed E-state index contributed by atoms with van der Waals surface area (Å²) >= 11 is 0. The molecule has 0 unspecified atom stereocenters. The molecule has 0 radical (unpaired) electrons. The van der Waals surface area contributed by atoms with Crippen LogP contribution in [-0.2, 0) is 7.05 Å². The molecule has 0 saturated heterocycles. The average molecular weight is 266 g/mol. The molecule has 1 aromatic heterocycles. The minimum Gasteiger partial charge on any atom is -0.398 e. The number of nitrogens with two attached hydrogens (primary N) is 1. The largest absolute Gasteiger partial charge is 0.398 e. The Labute approximate surface area is 116 Å². The Morgan fingerprint density at radius 1 is 1.20 bits per heavy atom. The van der Waals surface area contributed by atoms with Crippen molar-refractivity contribution in [3.63, 3.8) is 0 Å². The lowest BCUT2D eigenvalue weighted by atomic mass is 10.0. The van der Waals surface area contributed by atoms with E-state index in [0.29, 0.717) is 17.1 Å². The van der Waals surface area contributed by atoms with Gasteiger partial charge in [-0.3, -0.25) is 9.48 Å². The zero-order valence-corrected chi connectivity index (χ0v) is 11.0. The molecule has 20 heavy (non-hydrogen) atoms. The summed E-state index contributed by atoms with van der Waals surface area (Å²) in [5.41, 5.74) is 6.87. The van der Waals surface area contributed by atoms with Crippen LogP contribution < -0.4 is 11.1 Å². The molecule has 0 aliphatic heterocycles. The second-order valence-corrected chi connectivity index (χ2v) is 4.62. The van der Waals surface area contributed by atoms with Crippen molar-refractivity contribution in [2.45, 2.75) is 0 Å². The highest BCUT2D eigenvalue weighted by atomic mass is 16.1. The topological polar surface area (TPSA) is 72.9 Å². The van der Waals surface area contributed by atoms with E-state index in [4.69, 9.17) is 5.73 Å². The molecule has 100 valence electrons. The Bertz CT molecular complexity index is 791. The average Bonchev–Trinajstić information content (AvgIpc) is 2.83. The number of nitrogen functional groups attached to an aromatic ring is 1. The number of nitrogens with zero attached hydrogens (tertiary/aromatic N) is 2. The second kappa shape index (κ2) is 4.70. The highest BCUT2D eigenvalue weighted by Crippen LogP contribution is 2.22. The zero-order chi connectivity index (χ0) is 14.1. The minimum absolute atomic E-state index is 0.257. The first-order valence-corrected chi connectivity index (χ1v) is 6.23. The number of hydrogen-bond acceptors (Lipinski definition) is 3. The van der Waals surface area contributed by atoms with Gasteiger partial charge in [0.15, 0.2) is 5.82 Å². The number of carbonyl (C=O) groups is 1. The third kappa shape index (κ3) is 2.21. The monoisotopic (exact) mass is 266 g/mol. The maximum absolute atomic E-state index is 12.2. The number of carbonyl (C=O) groups excluding carboxylic acids is 1. The maximum Gasteiger partial charge on any atom is 0.258 e. The Kier molecular flexibility index (Phi) is 2.87. The van der Waals surface area contributed by atoms with E-state index in [0.717, 1.165) is 10.8 Å². The SMILES string of the molecule is Cn1ccc(NC(=O)c2cc3ccccc3cc2N)n1. The van der Waals surface area contributed by atoms with Crippen molar-refractivity contribution in [2.75, 3.05) is 11.1 Å². The summed E-state index contributed by atoms with van der Waals surface area (Å²) in [4.78, 5) is 12.2. The van der Waals surface area contributed by atoms with Crippen LogP contribution in [0.25, 0.3) is 10.8 Å². The molecule has 3 aromatic rings. The van der Waals surface area contributed by atoms with Gasteiger partial charge in [0.05, 0.1) is 5.56 Å². The van der Waals surface area contributed by atoms with Gasteiger partial charge < -0.3 is 11.1 Å². The first-order valence-electron chi connectivity index (χ1n) is 6.23. The first kappa shape index (κ1) is 12.2. The number of fused-ring (bicyclic) bond motifs is 1. The first-order chi connectivity index (χ1) is 9.63. The van der Waals surface area contributed by atoms with Crippen molar-refractivity contribution in [2.24, 2.45) is 7.05 Å². The Morgan fingerprint density at radius 3 is 2.55 bits per heavy atom. The third-order valence-corrected chi connectivity index (χ3v) is 3.12. The molecule has 0 saturated carbocycles. The molecular weight excluding hydrogens is 252 g/mol. The molecular formula is C15H14N4O. The molecule has 5 heteroatoms. The van der Waals surface area contributed by atoms with E-state index in [1.54, 1.807) is 30.1 Å². The molecule has 0 spiro atoms. The van der Waals surface area contributed by atoms with E-state index >= 15 is 0 Å². The predicted octanol–water partition coefficient (Wildman–Crippen LogP) is 2.41. The van der Waals surface area contributed by atoms with Crippen LogP contribution in [0.15, 0.2) is 48.7 Å². The fourth-order valence-electron chi connectivity index (χ4n) is 2.12. The lowest BCUT2D eigenvalue weighted by molar-refractivity contribution is 0.102. The summed E-state index contributed by atoms with van der Waals surface area (Å²) < 4.78 is 1.62. The summed E-state index contributed by atoms with van der Waals surface area (Å²) in [6.07, 6.45) is 1.76. The quantitative estimate of drug-likeness (QED) is 0.699. The lowest BCUT2D eigenvalue weighted by Gasteiger charge is -2.07. The smallest absolute Gasteiger partial charge is 0.258 e. The molecule has 2 aromatic carbocycles. The van der Waals surface area contributed by atoms with Gasteiger partial charge in [-0.2, -0.15) is 5.10 Å². The van der Waals surface area contributed by atoms with Crippen LogP contribution in [0.1, 0.15) is 10.4 Å². The van der Waals surface area contributed by atoms with Crippen LogP contribution in [0, 0.1) is 0 Å². The van der Waals surface area contributed by atoms with Crippen molar-refractivity contribution in [3.8, 4) is 0 Å². The van der Waals surface area contributed by atoms with Crippen molar-refractivity contribution < 1.29 is 4.79 Å². The number of rotatable bonds is 2. The lowest BCUT2D eigenvalue weighted by Crippen LogP contribution is -2.14. The Balaban J connectivity index is 1.96. The molecule has 5 nitrogen and oxygen atoms in total. The summed E-state index contributed by atoms with van der Waals surface area (Å²) in [6, 6.07) is 13.1. The van der Waals surface area contributed by atoms with E-state index < -0.39 is 0 Å². The summed E-state index contributed by atoms with van der Waals surface area (Å²) in [7, 11) is 1.79. The van der Waals surface area contributed by atoms with E-state index in [1.165, 1.54) is 0 Å². The summed E-state index contributed by atoms with van der Waals surface area (Å²) in [5, 5.41) is 8.84. The van der Waals surface area contributed by atoms with Gasteiger partial charge in [0, 0.05) is 25.0 Å². The van der Waals surface area contributed by atoms with Crippen LogP contribution >= 0.6 is 0 Å². The number of nitrogens with one attached hydrogen (secondary N) is 1. The molecule has 0 aliphatic carbocycles. The Morgan fingerprint density at radius 2 is 1.90 bits per heavy atom. The highest BCUT2D eigenvalue weighted by molar-refractivity contribution is 6.10. The fraction of sp³-hybridized carbons (Fsp3) is 0.0667. The maximum atomic E-state index is 12.2. The van der Waals surface area contributed by atoms with Gasteiger partial charge in [0.25, 0.3) is 5.91 Å². The zero-order valence-electron chi connectivity index (χ0n) is 11.0. The Hall–Kier alpha value is -2.82. The third-order valence-electron chi connectivity index (χ3n) is 3.12. The molecule has 1 amide bonds. The molecule has 0 bridgehead atoms. The molecule has 0 fully saturated rings. The molecule has 0 aliphatic rings. The number of anilines is 2. The van der Waals surface area contributed by atoms with E-state index in [9.17, 15) is 4.79 Å². The number of amides is 1. The van der Waals surface area contributed by atoms with Crippen molar-refractivity contribution in [1.29, 1.82) is 0 Å². The second-order valence-electron chi connectivity index (χ2n) is 4.62. The fourth-order valence-corrected chi connectivity index (χ4v) is 2.12. The standard InChI is InChI=1S/C15H14N4O/c1-19-7-6-14(18-19)17-15(20)12-8-10-4-2-3-5-11(10)9-13(12)16/h2-9H,16H2,1H3,(H,17,18,20). The van der Waals surface area contributed by atoms with Crippen LogP contribution in [-0.4, -0.2) is 15.7 Å². The van der Waals surface area contributed by atoms with Crippen LogP contribution in [0.3, 0.4) is 0 Å². The van der Waals surface area contributed by atoms with Gasteiger partial charge in [-0.15, -0.1) is 0 Å². The van der Waals surface area contributed by atoms with Gasteiger partial charge in [0.1, 0.15) is 0 Å². The molecule has 0 atom stereocenters. The number of aryl methyl sites for hydroxylation is 1. The van der Waals surface area contributed by atoms with Crippen molar-refractivity contribution in [3.05, 3.63) is 54.2 Å². The van der Waals surface area contributed by atoms with Crippen molar-refractivity contribution in [1.82, 2.24) is 9.78 Å². The summed E-state index contributed by atoms with van der Waals surface area (Å²) in [5.74, 6) is 0.247. The van der Waals surface area contributed by atoms with Crippen LogP contribution in [0.2, 0.25) is 0 Å². The van der Waals surface area contributed by atoms with Crippen LogP contribution in [0.5, 0.6) is 0 Å². The van der Waals surface area contributed by atoms with Gasteiger partial charge in [0.2, 0.25) is 0 Å². The van der Waals surface area contributed by atoms with Gasteiger partial charge in [-0.25, -0.2) is 0 Å². The number of aromatic nitrogens is 2. The molecule has 1 heterocycles. The van der Waals surface area contributed by atoms with Crippen LogP contribution in [0.4, 0.5) is 11.5 Å². The van der Waals surface area contributed by atoms with Crippen molar-refractivity contribution >= 4 is 28.2 Å². The molecule has 3 N–H and O–H groups in total.